The second-order valence-electron chi connectivity index (χ2n) is 8.00. The van der Waals surface area contributed by atoms with E-state index in [1.165, 1.54) is 13.0 Å². The number of aromatic nitrogens is 3. The van der Waals surface area contributed by atoms with Gasteiger partial charge in [-0.1, -0.05) is 18.5 Å². The number of anilines is 1. The van der Waals surface area contributed by atoms with E-state index in [-0.39, 0.29) is 29.0 Å². The maximum atomic E-state index is 15.1. The van der Waals surface area contributed by atoms with Gasteiger partial charge in [-0.3, -0.25) is 9.20 Å². The zero-order valence-corrected chi connectivity index (χ0v) is 19.4. The molecule has 3 rings (SSSR count). The van der Waals surface area contributed by atoms with E-state index in [1.807, 2.05) is 18.2 Å². The van der Waals surface area contributed by atoms with Crippen molar-refractivity contribution in [1.82, 2.24) is 19.7 Å². The number of nitrogens with two attached hydrogens (primary N) is 1. The molecule has 1 unspecified atom stereocenters. The van der Waals surface area contributed by atoms with Gasteiger partial charge in [0.25, 0.3) is 5.91 Å². The van der Waals surface area contributed by atoms with Crippen LogP contribution in [0.1, 0.15) is 61.1 Å². The summed E-state index contributed by atoms with van der Waals surface area (Å²) >= 11 is 6.20. The van der Waals surface area contributed by atoms with Crippen LogP contribution in [0.15, 0.2) is 18.5 Å². The maximum Gasteiger partial charge on any atom is 0.258 e. The van der Waals surface area contributed by atoms with Crippen LogP contribution in [-0.4, -0.2) is 44.1 Å². The molecule has 0 aliphatic rings. The molecule has 1 aromatic carbocycles. The molecule has 2 atom stereocenters. The lowest BCUT2D eigenvalue weighted by atomic mass is 9.95. The molecule has 0 radical (unpaired) electrons. The molecule has 4 N–H and O–H groups in total. The lowest BCUT2D eigenvalue weighted by Gasteiger charge is -2.22. The number of ether oxygens (including phenoxy) is 1. The van der Waals surface area contributed by atoms with Crippen LogP contribution in [0.25, 0.3) is 5.52 Å². The number of nitrogens with zero attached hydrogens (tertiary/aromatic N) is 3. The van der Waals surface area contributed by atoms with Gasteiger partial charge in [-0.15, -0.1) is 0 Å². The summed E-state index contributed by atoms with van der Waals surface area (Å²) in [6.07, 6.45) is 2.16. The Balaban J connectivity index is 2.22. The second kappa shape index (κ2) is 9.30. The summed E-state index contributed by atoms with van der Waals surface area (Å²) < 4.78 is 22.8. The number of carbonyl (C=O) groups is 1. The van der Waals surface area contributed by atoms with E-state index in [1.54, 1.807) is 26.2 Å². The number of fused-ring (bicyclic) bond motifs is 1. The van der Waals surface area contributed by atoms with Crippen LogP contribution in [0.3, 0.4) is 0 Å². The van der Waals surface area contributed by atoms with Crippen molar-refractivity contribution in [2.75, 3.05) is 12.3 Å². The van der Waals surface area contributed by atoms with Gasteiger partial charge in [-0.25, -0.2) is 14.4 Å². The highest BCUT2D eigenvalue weighted by Gasteiger charge is 2.30. The lowest BCUT2D eigenvalue weighted by Crippen LogP contribution is -2.32. The number of rotatable bonds is 7. The van der Waals surface area contributed by atoms with Gasteiger partial charge in [0.05, 0.1) is 22.9 Å². The van der Waals surface area contributed by atoms with Crippen molar-refractivity contribution in [2.24, 2.45) is 0 Å². The molecule has 0 bridgehead atoms. The number of carbonyl (C=O) groups excluding carboxylic acids is 1. The predicted octanol–water partition coefficient (Wildman–Crippen LogP) is 3.46. The van der Waals surface area contributed by atoms with Gasteiger partial charge in [0.2, 0.25) is 0 Å². The molecular weight excluding hydrogens is 437 g/mol. The van der Waals surface area contributed by atoms with Crippen molar-refractivity contribution >= 4 is 28.8 Å². The summed E-state index contributed by atoms with van der Waals surface area (Å²) in [5.74, 6) is -1.03. The largest absolute Gasteiger partial charge is 0.490 e. The quantitative estimate of drug-likeness (QED) is 0.494. The van der Waals surface area contributed by atoms with Gasteiger partial charge < -0.3 is 20.9 Å². The Bertz CT molecular complexity index is 1160. The number of halogens is 2. The Morgan fingerprint density at radius 3 is 2.69 bits per heavy atom. The summed E-state index contributed by atoms with van der Waals surface area (Å²) in [4.78, 5) is 21.6. The maximum absolute atomic E-state index is 15.1. The van der Waals surface area contributed by atoms with Crippen molar-refractivity contribution in [3.8, 4) is 5.75 Å². The fourth-order valence-electron chi connectivity index (χ4n) is 3.56. The van der Waals surface area contributed by atoms with E-state index in [2.05, 4.69) is 15.3 Å². The first-order valence-electron chi connectivity index (χ1n) is 10.3. The topological polar surface area (TPSA) is 115 Å². The number of aryl methyl sites for hydroxylation is 1. The van der Waals surface area contributed by atoms with Gasteiger partial charge in [0.1, 0.15) is 28.5 Å². The first-order chi connectivity index (χ1) is 15.0. The van der Waals surface area contributed by atoms with Crippen LogP contribution in [0.4, 0.5) is 10.2 Å². The number of aliphatic hydroxyl groups is 1. The molecule has 0 aliphatic carbocycles. The second-order valence-corrected chi connectivity index (χ2v) is 8.41. The zero-order valence-electron chi connectivity index (χ0n) is 18.6. The number of imidazole rings is 1. The van der Waals surface area contributed by atoms with Crippen molar-refractivity contribution in [3.05, 3.63) is 51.9 Å². The van der Waals surface area contributed by atoms with E-state index in [0.29, 0.717) is 28.4 Å². The average molecular weight is 464 g/mol. The Kier molecular flexibility index (Phi) is 6.90. The molecular formula is C22H27ClFN5O3. The minimum atomic E-state index is -0.890. The molecule has 10 heteroatoms. The zero-order chi connectivity index (χ0) is 23.7. The molecule has 32 heavy (non-hydrogen) atoms. The van der Waals surface area contributed by atoms with E-state index in [0.717, 1.165) is 0 Å². The van der Waals surface area contributed by atoms with Crippen molar-refractivity contribution in [2.45, 2.75) is 52.7 Å². The Hall–Kier alpha value is -2.91. The molecule has 172 valence electrons. The highest BCUT2D eigenvalue weighted by molar-refractivity contribution is 6.31. The minimum absolute atomic E-state index is 0.0485. The van der Waals surface area contributed by atoms with Crippen LogP contribution in [0, 0.1) is 12.7 Å². The summed E-state index contributed by atoms with van der Waals surface area (Å²) in [7, 11) is 0. The van der Waals surface area contributed by atoms with Gasteiger partial charge in [-0.05, 0) is 33.8 Å². The molecule has 0 spiro atoms. The van der Waals surface area contributed by atoms with E-state index >= 15 is 4.39 Å². The van der Waals surface area contributed by atoms with Gasteiger partial charge in [0, 0.05) is 30.4 Å². The monoisotopic (exact) mass is 463 g/mol. The number of aliphatic hydroxyl groups excluding tert-OH is 1. The summed E-state index contributed by atoms with van der Waals surface area (Å²) in [6.45, 7) is 8.70. The molecule has 0 saturated heterocycles. The molecule has 0 aliphatic heterocycles. The third-order valence-corrected chi connectivity index (χ3v) is 5.25. The van der Waals surface area contributed by atoms with Crippen molar-refractivity contribution < 1.29 is 19.0 Å². The Morgan fingerprint density at radius 2 is 2.06 bits per heavy atom. The summed E-state index contributed by atoms with van der Waals surface area (Å²) in [5, 5.41) is 11.8. The lowest BCUT2D eigenvalue weighted by molar-refractivity contribution is 0.0913. The molecule has 2 heterocycles. The fourth-order valence-corrected chi connectivity index (χ4v) is 3.77. The third kappa shape index (κ3) is 4.49. The Labute approximate surface area is 190 Å². The predicted molar refractivity (Wildman–Crippen MR) is 121 cm³/mol. The normalized spacial score (nSPS) is 13.4. The van der Waals surface area contributed by atoms with E-state index in [9.17, 15) is 9.90 Å². The highest BCUT2D eigenvalue weighted by Crippen LogP contribution is 2.39. The first-order valence-corrected chi connectivity index (χ1v) is 10.6. The van der Waals surface area contributed by atoms with Gasteiger partial charge >= 0.3 is 0 Å². The average Bonchev–Trinajstić information content (AvgIpc) is 3.06. The molecule has 0 saturated carbocycles. The number of amides is 1. The van der Waals surface area contributed by atoms with Crippen LogP contribution >= 0.6 is 11.6 Å². The van der Waals surface area contributed by atoms with Crippen LogP contribution in [0.2, 0.25) is 5.02 Å². The standard InChI is InChI=1S/C22H27ClFN5O3/c1-10(2)32-19-14(8-15(23)17(24)16(19)22(31)27-9-11(3)30)12(4)21-28-13(5)18-20(25)26-6-7-29(18)21/h6-8,10-12,30H,9H2,1-5H3,(H2,25,26)(H,27,31)/t11-,12?/m1/s1. The van der Waals surface area contributed by atoms with Crippen molar-refractivity contribution in [3.63, 3.8) is 0 Å². The first kappa shape index (κ1) is 23.7. The molecule has 0 fully saturated rings. The summed E-state index contributed by atoms with van der Waals surface area (Å²) in [5.41, 5.74) is 7.57. The number of benzene rings is 1. The number of nitrogen functional groups attached to an aromatic ring is 1. The Morgan fingerprint density at radius 1 is 1.38 bits per heavy atom. The SMILES string of the molecule is Cc1nc(C(C)c2cc(Cl)c(F)c(C(=O)NC[C@@H](C)O)c2OC(C)C)n2ccnc(N)c12. The third-order valence-electron chi connectivity index (χ3n) is 4.98. The molecule has 1 amide bonds. The van der Waals surface area contributed by atoms with Gasteiger partial charge in [0.15, 0.2) is 5.82 Å². The smallest absolute Gasteiger partial charge is 0.258 e. The number of nitrogens with one attached hydrogen (secondary N) is 1. The van der Waals surface area contributed by atoms with Crippen LogP contribution in [-0.2, 0) is 0 Å². The van der Waals surface area contributed by atoms with Crippen molar-refractivity contribution in [1.29, 1.82) is 0 Å². The highest BCUT2D eigenvalue weighted by atomic mass is 35.5. The van der Waals surface area contributed by atoms with E-state index < -0.39 is 23.7 Å². The number of hydrogen-bond acceptors (Lipinski definition) is 6. The number of hydrogen-bond donors (Lipinski definition) is 3. The minimum Gasteiger partial charge on any atom is -0.490 e. The van der Waals surface area contributed by atoms with Crippen LogP contribution < -0.4 is 15.8 Å². The molecule has 3 aromatic rings. The van der Waals surface area contributed by atoms with Gasteiger partial charge in [-0.2, -0.15) is 0 Å². The molecule has 2 aromatic heterocycles. The molecule has 8 nitrogen and oxygen atoms in total. The summed E-state index contributed by atoms with van der Waals surface area (Å²) in [6, 6.07) is 1.45. The van der Waals surface area contributed by atoms with Crippen LogP contribution in [0.5, 0.6) is 5.75 Å². The van der Waals surface area contributed by atoms with E-state index in [4.69, 9.17) is 22.1 Å². The fraction of sp³-hybridized carbons (Fsp3) is 0.409.